The molecule has 40 heteroatoms. The first-order valence-corrected chi connectivity index (χ1v) is 40.6. The average Bonchev–Trinajstić information content (AvgIpc) is 1.57. The maximum Gasteiger partial charge on any atom is 0.405 e. The molecule has 0 aromatic heterocycles. The second-order valence-corrected chi connectivity index (χ2v) is 34.3. The summed E-state index contributed by atoms with van der Waals surface area (Å²) >= 11 is 36.2. The number of esters is 4. The predicted octanol–water partition coefficient (Wildman–Crippen LogP) is 21.4. The van der Waals surface area contributed by atoms with Crippen LogP contribution in [0.3, 0.4) is 0 Å². The molecule has 0 fully saturated rings. The largest absolute Gasteiger partial charge is 0.623 e. The molecule has 8 aromatic carbocycles. The molecule has 4 aliphatic rings. The molecule has 0 saturated carbocycles. The third-order valence-corrected chi connectivity index (χ3v) is 25.1. The first-order valence-electron chi connectivity index (χ1n) is 35.9. The van der Waals surface area contributed by atoms with E-state index < -0.39 is 164 Å². The van der Waals surface area contributed by atoms with Crippen LogP contribution in [-0.2, 0) is 38.1 Å². The number of ether oxygens (including phenoxy) is 4. The van der Waals surface area contributed by atoms with Gasteiger partial charge in [0.1, 0.15) is 23.7 Å². The number of alkyl halides is 12. The minimum Gasteiger partial charge on any atom is -0.623 e. The van der Waals surface area contributed by atoms with Crippen molar-refractivity contribution in [3.05, 3.63) is 297 Å². The molecule has 12 rings (SSSR count). The molecule has 0 spiro atoms. The van der Waals surface area contributed by atoms with E-state index in [4.69, 9.17) is 46.4 Å². The summed E-state index contributed by atoms with van der Waals surface area (Å²) in [4.78, 5) is 103. The van der Waals surface area contributed by atoms with Crippen LogP contribution in [0, 0.1) is 66.2 Å². The summed E-state index contributed by atoms with van der Waals surface area (Å²) in [5.74, 6) is -17.3. The van der Waals surface area contributed by atoms with Gasteiger partial charge in [0.05, 0.1) is 28.4 Å². The van der Waals surface area contributed by atoms with E-state index in [1.165, 1.54) is 194 Å². The van der Waals surface area contributed by atoms with Gasteiger partial charge in [-0.05, 0) is 173 Å². The highest BCUT2D eigenvalue weighted by Crippen LogP contribution is 2.61. The lowest BCUT2D eigenvalue weighted by atomic mass is 9.68. The van der Waals surface area contributed by atoms with Crippen LogP contribution in [0.1, 0.15) is 116 Å². The van der Waals surface area contributed by atoms with Gasteiger partial charge < -0.3 is 39.8 Å². The number of carbonyl (C=O) groups is 8. The summed E-state index contributed by atoms with van der Waals surface area (Å²) in [7, 11) is 3.51. The van der Waals surface area contributed by atoms with Gasteiger partial charge in [0.25, 0.3) is 22.8 Å². The first-order chi connectivity index (χ1) is 57.7. The van der Waals surface area contributed by atoms with Gasteiger partial charge in [-0.1, -0.05) is 159 Å². The third-order valence-electron chi connectivity index (χ3n) is 22.0. The number of hydroxylamine groups is 4. The quantitative estimate of drug-likeness (QED) is 0.0217. The van der Waals surface area contributed by atoms with Gasteiger partial charge in [0.2, 0.25) is 24.2 Å². The number of rotatable bonds is 16. The molecule has 8 aromatic rings. The summed E-state index contributed by atoms with van der Waals surface area (Å²) in [5, 5.41) is 53.8. The minimum absolute atomic E-state index is 0.0406. The van der Waals surface area contributed by atoms with Crippen molar-refractivity contribution >= 4 is 180 Å². The van der Waals surface area contributed by atoms with Crippen LogP contribution in [0.25, 0.3) is 0 Å². The Hall–Kier alpha value is -9.56. The number of halogens is 20. The number of hydrogen-bond donors (Lipinski definition) is 0. The number of hydrogen-bond acceptors (Lipinski definition) is 16. The molecule has 0 saturated heterocycles. The van der Waals surface area contributed by atoms with Crippen LogP contribution in [0.15, 0.2) is 212 Å². The van der Waals surface area contributed by atoms with Crippen LogP contribution in [0.2, 0.25) is 20.1 Å². The molecule has 20 nitrogen and oxygen atoms in total. The Labute approximate surface area is 751 Å². The lowest BCUT2D eigenvalue weighted by molar-refractivity contribution is -0.503. The van der Waals surface area contributed by atoms with Crippen LogP contribution in [0.5, 0.6) is 0 Å². The maximum absolute atomic E-state index is 14.4. The van der Waals surface area contributed by atoms with Gasteiger partial charge in [-0.3, -0.25) is 19.2 Å². The molecule has 656 valence electrons. The van der Waals surface area contributed by atoms with E-state index in [0.29, 0.717) is 65.7 Å². The summed E-state index contributed by atoms with van der Waals surface area (Å²) in [6.07, 6.45) is -20.4. The van der Waals surface area contributed by atoms with Gasteiger partial charge in [-0.2, -0.15) is 71.6 Å². The zero-order valence-corrected chi connectivity index (χ0v) is 74.3. The molecule has 12 atom stereocenters. The molecule has 124 heavy (non-hydrogen) atoms. The highest BCUT2D eigenvalue weighted by Gasteiger charge is 2.78. The highest BCUT2D eigenvalue weighted by atomic mass is 79.9. The molecule has 0 amide bonds. The van der Waals surface area contributed by atoms with Crippen molar-refractivity contribution in [1.82, 2.24) is 0 Å². The predicted molar refractivity (Wildman–Crippen MR) is 444 cm³/mol. The maximum atomic E-state index is 14.4. The van der Waals surface area contributed by atoms with E-state index in [0.717, 1.165) is 28.4 Å². The summed E-state index contributed by atoms with van der Waals surface area (Å²) in [5.41, 5.74) is -16.6. The Balaban J connectivity index is 0.000000187. The van der Waals surface area contributed by atoms with E-state index in [1.807, 2.05) is 0 Å². The first kappa shape index (κ1) is 98.2. The number of methoxy groups -OCH3 is 4. The van der Waals surface area contributed by atoms with E-state index >= 15 is 0 Å². The second kappa shape index (κ2) is 37.9. The highest BCUT2D eigenvalue weighted by molar-refractivity contribution is 9.11. The van der Waals surface area contributed by atoms with Crippen molar-refractivity contribution in [1.29, 1.82) is 0 Å². The van der Waals surface area contributed by atoms with Gasteiger partial charge in [0.15, 0.2) is 44.8 Å². The fourth-order valence-corrected chi connectivity index (χ4v) is 17.0. The van der Waals surface area contributed by atoms with Crippen LogP contribution < -0.4 is 0 Å². The number of benzene rings is 8. The molecule has 0 radical (unpaired) electrons. The van der Waals surface area contributed by atoms with E-state index in [-0.39, 0.29) is 63.5 Å². The van der Waals surface area contributed by atoms with Crippen molar-refractivity contribution in [2.24, 2.45) is 45.3 Å². The normalized spacial score (nSPS) is 23.7. The smallest absolute Gasteiger partial charge is 0.405 e. The molecule has 0 bridgehead atoms. The number of ketones is 4. The zero-order chi connectivity index (χ0) is 92.5. The lowest BCUT2D eigenvalue weighted by Gasteiger charge is -2.31. The second-order valence-electron chi connectivity index (χ2n) is 28.8. The standard InChI is InChI=1S/4C21H16BrClF3NO4/c4*1-20(21(24,25)26)15(17(28)12-5-9-14(23)10-6-12)16(11-3-7-13(22)8-4-11)27(30)18(20)19(29)31-2/h4*3-10,15-16H,1-2H3/t4*15-,16+,20-/m1111/s1. The lowest BCUT2D eigenvalue weighted by Crippen LogP contribution is -2.51. The summed E-state index contributed by atoms with van der Waals surface area (Å²) in [6.45, 7) is 2.73. The Morgan fingerprint density at radius 2 is 0.419 bits per heavy atom. The van der Waals surface area contributed by atoms with Crippen molar-refractivity contribution in [3.63, 3.8) is 0 Å². The molecule has 0 aliphatic carbocycles. The van der Waals surface area contributed by atoms with Gasteiger partial charge in [0, 0.05) is 82.5 Å². The Kier molecular flexibility index (Phi) is 30.1. The SMILES string of the molecule is COC(=O)C1=[N+]([O-])[C@@H](c2ccc(Br)cc2)[C@H](C(=O)c2ccc(Cl)cc2)[C@@]1(C)C(F)(F)F.COC(=O)C1=[N+]([O-])[C@@H](c2ccc(Br)cc2)[C@H](C(=O)c2ccc(Cl)cc2)[C@@]1(C)C(F)(F)F.COC(=O)C1=[N+]([O-])[C@@H](c2ccc(Br)cc2)[C@H](C(=O)c2ccc(Cl)cc2)[C@@]1(C)C(F)(F)F.COC(=O)C1=[N+]([O-])[C@@H](c2ccc(Br)cc2)[C@H](C(=O)c2ccc(Cl)cc2)[C@@]1(C)C(F)(F)F. The fraction of sp³-hybridized carbons (Fsp3) is 0.286. The Morgan fingerprint density at radius 1 is 0.282 bits per heavy atom. The molecular weight excluding hydrogens is 2010 g/mol. The number of carbonyl (C=O) groups excluding carboxylic acids is 8. The van der Waals surface area contributed by atoms with Crippen molar-refractivity contribution in [2.45, 2.75) is 76.6 Å². The Morgan fingerprint density at radius 3 is 0.540 bits per heavy atom. The Bertz CT molecular complexity index is 4900. The fourth-order valence-electron chi connectivity index (χ4n) is 15.5. The minimum atomic E-state index is -5.10. The van der Waals surface area contributed by atoms with Gasteiger partial charge >= 0.3 is 48.6 Å². The van der Waals surface area contributed by atoms with E-state index in [9.17, 15) is 112 Å². The summed E-state index contributed by atoms with van der Waals surface area (Å²) in [6, 6.07) is 38.5. The van der Waals surface area contributed by atoms with Crippen molar-refractivity contribution in [2.75, 3.05) is 28.4 Å². The van der Waals surface area contributed by atoms with Crippen molar-refractivity contribution < 1.29 is 129 Å². The third kappa shape index (κ3) is 18.5. The zero-order valence-electron chi connectivity index (χ0n) is 65.0. The van der Waals surface area contributed by atoms with Crippen LogP contribution in [-0.4, -0.2) is 142 Å². The molecule has 4 heterocycles. The van der Waals surface area contributed by atoms with Gasteiger partial charge in [-0.25, -0.2) is 19.2 Å². The number of Topliss-reactive ketones (excluding diaryl/α,β-unsaturated/α-hetero) is 4. The molecule has 0 unspecified atom stereocenters. The van der Waals surface area contributed by atoms with Crippen LogP contribution in [0.4, 0.5) is 52.7 Å². The monoisotopic (exact) mass is 2070 g/mol. The number of nitrogens with zero attached hydrogens (tertiary/aromatic N) is 4. The van der Waals surface area contributed by atoms with Crippen LogP contribution >= 0.6 is 110 Å². The van der Waals surface area contributed by atoms with Crippen molar-refractivity contribution in [3.8, 4) is 0 Å². The molecule has 4 aliphatic heterocycles. The van der Waals surface area contributed by atoms with E-state index in [2.05, 4.69) is 82.7 Å². The topological polar surface area (TPSA) is 278 Å². The summed E-state index contributed by atoms with van der Waals surface area (Å²) < 4.78 is 194. The van der Waals surface area contributed by atoms with Gasteiger partial charge in [-0.15, -0.1) is 0 Å². The molecular formula is C84H64Br4Cl4F12N4O16. The van der Waals surface area contributed by atoms with E-state index in [1.54, 1.807) is 0 Å². The molecule has 0 N–H and O–H groups in total. The average molecular weight is 2070 g/mol.